The molecule has 13 heteroatoms. The van der Waals surface area contributed by atoms with E-state index in [0.29, 0.717) is 27.4 Å². The molecule has 1 saturated heterocycles. The number of hydrogen-bond donors (Lipinski definition) is 0. The second kappa shape index (κ2) is 14.3. The van der Waals surface area contributed by atoms with E-state index in [-0.39, 0.29) is 18.9 Å². The standard InChI is InChI=1S/C35H33N5O7S/c1-20-5-11-23(12-6-20)33(41)44-18-28-26(46-34(42)24-13-7-21(2)8-14-24)17-27(47-35(43)25-15-9-22(3)10-16-25)29(45-28)30-38-39-31-32(48-4)36-19-37-40(30)31/h5-16,19,26-29H,17-18H2,1-4H3/t26-,27?,28+,29+/m0/s1. The molecule has 0 saturated carbocycles. The molecule has 0 bridgehead atoms. The van der Waals surface area contributed by atoms with Gasteiger partial charge in [-0.2, -0.15) is 9.61 Å². The van der Waals surface area contributed by atoms with Gasteiger partial charge in [0.25, 0.3) is 0 Å². The van der Waals surface area contributed by atoms with E-state index in [1.165, 1.54) is 22.6 Å². The molecule has 0 amide bonds. The molecule has 1 fully saturated rings. The molecule has 2 aromatic heterocycles. The van der Waals surface area contributed by atoms with Crippen molar-refractivity contribution in [2.75, 3.05) is 12.9 Å². The van der Waals surface area contributed by atoms with Gasteiger partial charge in [0, 0.05) is 6.42 Å². The fourth-order valence-electron chi connectivity index (χ4n) is 5.24. The fraction of sp³-hybridized carbons (Fsp3) is 0.286. The Kier molecular flexibility index (Phi) is 9.78. The van der Waals surface area contributed by atoms with Crippen LogP contribution in [0.5, 0.6) is 0 Å². The van der Waals surface area contributed by atoms with Crippen molar-refractivity contribution in [2.45, 2.75) is 56.6 Å². The second-order valence-corrected chi connectivity index (χ2v) is 12.3. The van der Waals surface area contributed by atoms with E-state index in [4.69, 9.17) is 18.9 Å². The Morgan fingerprint density at radius 2 is 1.29 bits per heavy atom. The zero-order valence-electron chi connectivity index (χ0n) is 26.7. The molecule has 246 valence electrons. The van der Waals surface area contributed by atoms with Crippen LogP contribution in [-0.2, 0) is 18.9 Å². The molecule has 1 aliphatic rings. The predicted molar refractivity (Wildman–Crippen MR) is 175 cm³/mol. The first-order valence-electron chi connectivity index (χ1n) is 15.2. The molecule has 0 aliphatic carbocycles. The highest BCUT2D eigenvalue weighted by atomic mass is 32.2. The van der Waals surface area contributed by atoms with Crippen LogP contribution in [0.2, 0.25) is 0 Å². The van der Waals surface area contributed by atoms with E-state index >= 15 is 0 Å². The van der Waals surface area contributed by atoms with Crippen molar-refractivity contribution in [3.05, 3.63) is 118 Å². The number of nitrogens with zero attached hydrogens (tertiary/aromatic N) is 5. The van der Waals surface area contributed by atoms with Crippen LogP contribution in [0.4, 0.5) is 0 Å². The molecule has 1 unspecified atom stereocenters. The number of aryl methyl sites for hydroxylation is 3. The molecular weight excluding hydrogens is 634 g/mol. The second-order valence-electron chi connectivity index (χ2n) is 11.5. The van der Waals surface area contributed by atoms with Crippen molar-refractivity contribution in [1.82, 2.24) is 24.8 Å². The first kappa shape index (κ1) is 32.8. The van der Waals surface area contributed by atoms with Gasteiger partial charge in [-0.25, -0.2) is 19.4 Å². The lowest BCUT2D eigenvalue weighted by atomic mass is 9.97. The highest BCUT2D eigenvalue weighted by molar-refractivity contribution is 7.98. The highest BCUT2D eigenvalue weighted by Gasteiger charge is 2.46. The van der Waals surface area contributed by atoms with Crippen LogP contribution < -0.4 is 0 Å². The number of rotatable bonds is 9. The molecule has 6 rings (SSSR count). The summed E-state index contributed by atoms with van der Waals surface area (Å²) in [6, 6.07) is 20.8. The summed E-state index contributed by atoms with van der Waals surface area (Å²) in [6.45, 7) is 5.48. The minimum atomic E-state index is -1.03. The van der Waals surface area contributed by atoms with Gasteiger partial charge in [-0.05, 0) is 63.4 Å². The zero-order chi connectivity index (χ0) is 33.8. The predicted octanol–water partition coefficient (Wildman–Crippen LogP) is 5.30. The number of ether oxygens (including phenoxy) is 4. The molecular formula is C35H33N5O7S. The van der Waals surface area contributed by atoms with Crippen molar-refractivity contribution in [2.24, 2.45) is 0 Å². The Balaban J connectivity index is 1.34. The lowest BCUT2D eigenvalue weighted by molar-refractivity contribution is -0.186. The minimum Gasteiger partial charge on any atom is -0.459 e. The maximum absolute atomic E-state index is 13.4. The molecule has 1 aliphatic heterocycles. The largest absolute Gasteiger partial charge is 0.459 e. The highest BCUT2D eigenvalue weighted by Crippen LogP contribution is 2.36. The normalized spacial score (nSPS) is 19.1. The Labute approximate surface area is 280 Å². The Morgan fingerprint density at radius 3 is 1.83 bits per heavy atom. The number of carbonyl (C=O) groups is 3. The van der Waals surface area contributed by atoms with Crippen LogP contribution in [0.3, 0.4) is 0 Å². The molecule has 0 N–H and O–H groups in total. The summed E-state index contributed by atoms with van der Waals surface area (Å²) in [4.78, 5) is 44.1. The smallest absolute Gasteiger partial charge is 0.338 e. The average Bonchev–Trinajstić information content (AvgIpc) is 3.53. The van der Waals surface area contributed by atoms with Gasteiger partial charge >= 0.3 is 17.9 Å². The summed E-state index contributed by atoms with van der Waals surface area (Å²) in [6.07, 6.45) is -0.757. The van der Waals surface area contributed by atoms with E-state index in [1.807, 2.05) is 51.3 Å². The number of benzene rings is 3. The topological polar surface area (TPSA) is 144 Å². The SMILES string of the molecule is CSc1ncnn2c([C@@H]3O[C@H](COC(=O)c4ccc(C)cc4)[C@@H](OC(=O)c4ccc(C)cc4)CC3OC(=O)c3ccc(C)cc3)nnc12. The van der Waals surface area contributed by atoms with E-state index in [1.54, 1.807) is 48.5 Å². The number of aromatic nitrogens is 5. The molecule has 12 nitrogen and oxygen atoms in total. The van der Waals surface area contributed by atoms with Crippen molar-refractivity contribution < 1.29 is 33.3 Å². The van der Waals surface area contributed by atoms with Gasteiger partial charge in [0.05, 0.1) is 16.7 Å². The zero-order valence-corrected chi connectivity index (χ0v) is 27.5. The summed E-state index contributed by atoms with van der Waals surface area (Å²) in [5, 5.41) is 13.6. The Hall–Kier alpha value is -5.14. The molecule has 5 aromatic rings. The third-order valence-corrected chi connectivity index (χ3v) is 8.62. The summed E-state index contributed by atoms with van der Waals surface area (Å²) in [5.41, 5.74) is 4.37. The molecule has 0 radical (unpaired) electrons. The van der Waals surface area contributed by atoms with E-state index in [0.717, 1.165) is 16.7 Å². The van der Waals surface area contributed by atoms with Crippen LogP contribution in [0.25, 0.3) is 5.65 Å². The molecule has 48 heavy (non-hydrogen) atoms. The fourth-order valence-corrected chi connectivity index (χ4v) is 5.71. The van der Waals surface area contributed by atoms with Crippen LogP contribution in [-0.4, -0.2) is 73.9 Å². The molecule has 4 atom stereocenters. The first-order chi connectivity index (χ1) is 23.2. The maximum Gasteiger partial charge on any atom is 0.338 e. The monoisotopic (exact) mass is 667 g/mol. The lowest BCUT2D eigenvalue weighted by Gasteiger charge is -2.39. The first-order valence-corrected chi connectivity index (χ1v) is 16.5. The van der Waals surface area contributed by atoms with E-state index in [9.17, 15) is 14.4 Å². The van der Waals surface area contributed by atoms with Crippen LogP contribution in [0.15, 0.2) is 84.1 Å². The van der Waals surface area contributed by atoms with Gasteiger partial charge in [0.15, 0.2) is 11.9 Å². The summed E-state index contributed by atoms with van der Waals surface area (Å²) < 4.78 is 25.7. The number of carbonyl (C=O) groups excluding carboxylic acids is 3. The van der Waals surface area contributed by atoms with E-state index in [2.05, 4.69) is 20.3 Å². The van der Waals surface area contributed by atoms with Crippen molar-refractivity contribution >= 4 is 35.3 Å². The molecule has 0 spiro atoms. The number of esters is 3. The Morgan fingerprint density at radius 1 is 0.771 bits per heavy atom. The van der Waals surface area contributed by atoms with Gasteiger partial charge < -0.3 is 18.9 Å². The molecule has 3 aromatic carbocycles. The van der Waals surface area contributed by atoms with Gasteiger partial charge in [-0.15, -0.1) is 22.0 Å². The van der Waals surface area contributed by atoms with Gasteiger partial charge in [0.1, 0.15) is 36.3 Å². The number of thioether (sulfide) groups is 1. The van der Waals surface area contributed by atoms with Crippen molar-refractivity contribution in [3.8, 4) is 0 Å². The van der Waals surface area contributed by atoms with Crippen molar-refractivity contribution in [1.29, 1.82) is 0 Å². The maximum atomic E-state index is 13.4. The van der Waals surface area contributed by atoms with Gasteiger partial charge in [-0.3, -0.25) is 0 Å². The third kappa shape index (κ3) is 7.21. The summed E-state index contributed by atoms with van der Waals surface area (Å²) >= 11 is 1.37. The summed E-state index contributed by atoms with van der Waals surface area (Å²) in [7, 11) is 0. The van der Waals surface area contributed by atoms with Crippen LogP contribution in [0, 0.1) is 20.8 Å². The third-order valence-electron chi connectivity index (χ3n) is 7.94. The van der Waals surface area contributed by atoms with Gasteiger partial charge in [-0.1, -0.05) is 53.1 Å². The number of fused-ring (bicyclic) bond motifs is 1. The van der Waals surface area contributed by atoms with Gasteiger partial charge in [0.2, 0.25) is 5.65 Å². The average molecular weight is 668 g/mol. The van der Waals surface area contributed by atoms with Crippen LogP contribution in [0.1, 0.15) is 66.1 Å². The summed E-state index contributed by atoms with van der Waals surface area (Å²) in [5.74, 6) is -1.54. The van der Waals surface area contributed by atoms with Crippen molar-refractivity contribution in [3.63, 3.8) is 0 Å². The lowest BCUT2D eigenvalue weighted by Crippen LogP contribution is -2.49. The number of hydrogen-bond acceptors (Lipinski definition) is 12. The Bertz CT molecular complexity index is 1930. The minimum absolute atomic E-state index is 0.00198. The quantitative estimate of drug-likeness (QED) is 0.114. The van der Waals surface area contributed by atoms with Crippen LogP contribution >= 0.6 is 11.8 Å². The van der Waals surface area contributed by atoms with E-state index < -0.39 is 42.3 Å². The molecule has 3 heterocycles.